The number of nitrogens with two attached hydrogens (primary N) is 1. The molecule has 0 spiro atoms. The zero-order valence-corrected chi connectivity index (χ0v) is 10.2. The van der Waals surface area contributed by atoms with E-state index in [1.165, 1.54) is 24.4 Å². The number of aromatic nitrogens is 1. The Morgan fingerprint density at radius 3 is 2.43 bits per heavy atom. The van der Waals surface area contributed by atoms with Crippen molar-refractivity contribution < 1.29 is 26.7 Å². The molecule has 9 heteroatoms. The fraction of sp³-hybridized carbons (Fsp3) is 0.167. The molecule has 4 nitrogen and oxygen atoms in total. The molecule has 0 fully saturated rings. The van der Waals surface area contributed by atoms with E-state index in [4.69, 9.17) is 5.73 Å². The summed E-state index contributed by atoms with van der Waals surface area (Å²) >= 11 is 0. The van der Waals surface area contributed by atoms with Gasteiger partial charge in [-0.05, 0) is 24.3 Å². The van der Waals surface area contributed by atoms with E-state index < -0.39 is 18.0 Å². The minimum Gasteiger partial charge on any atom is -0.397 e. The van der Waals surface area contributed by atoms with Gasteiger partial charge in [0.25, 0.3) is 0 Å². The van der Waals surface area contributed by atoms with Crippen molar-refractivity contribution in [2.45, 2.75) is 12.1 Å². The number of hydrogen-bond acceptors (Lipinski definition) is 3. The van der Waals surface area contributed by atoms with Crippen LogP contribution in [0.3, 0.4) is 0 Å². The number of carbonyl (C=O) groups is 1. The highest BCUT2D eigenvalue weighted by molar-refractivity contribution is 6.06. The Morgan fingerprint density at radius 2 is 1.81 bits per heavy atom. The van der Waals surface area contributed by atoms with Gasteiger partial charge in [-0.2, -0.15) is 22.0 Å². The molecule has 0 aliphatic carbocycles. The maximum Gasteiger partial charge on any atom is 0.463 e. The number of pyridine rings is 1. The minimum atomic E-state index is -5.97. The van der Waals surface area contributed by atoms with Gasteiger partial charge in [-0.1, -0.05) is 0 Å². The van der Waals surface area contributed by atoms with Crippen LogP contribution in [0.4, 0.5) is 33.3 Å². The Bertz CT molecular complexity index is 699. The third-order valence-electron chi connectivity index (χ3n) is 2.69. The second kappa shape index (κ2) is 4.83. The smallest absolute Gasteiger partial charge is 0.397 e. The summed E-state index contributed by atoms with van der Waals surface area (Å²) in [5.41, 5.74) is 5.76. The van der Waals surface area contributed by atoms with Gasteiger partial charge < -0.3 is 11.1 Å². The molecule has 3 N–H and O–H groups in total. The Morgan fingerprint density at radius 1 is 1.14 bits per heavy atom. The number of fused-ring (bicyclic) bond motifs is 1. The molecule has 0 radical (unpaired) electrons. The second-order valence-corrected chi connectivity index (χ2v) is 4.13. The third kappa shape index (κ3) is 2.58. The lowest BCUT2D eigenvalue weighted by Gasteiger charge is -2.19. The van der Waals surface area contributed by atoms with Crippen LogP contribution in [0.1, 0.15) is 0 Å². The number of nitrogens with zero attached hydrogens (tertiary/aromatic N) is 1. The van der Waals surface area contributed by atoms with E-state index in [0.29, 0.717) is 0 Å². The number of anilines is 2. The van der Waals surface area contributed by atoms with Gasteiger partial charge in [0.15, 0.2) is 0 Å². The van der Waals surface area contributed by atoms with Crippen molar-refractivity contribution in [3.8, 4) is 0 Å². The van der Waals surface area contributed by atoms with Crippen molar-refractivity contribution in [2.24, 2.45) is 0 Å². The molecule has 112 valence electrons. The highest BCUT2D eigenvalue weighted by Crippen LogP contribution is 2.37. The Hall–Kier alpha value is -2.45. The van der Waals surface area contributed by atoms with Crippen molar-refractivity contribution >= 4 is 28.2 Å². The zero-order chi connectivity index (χ0) is 15.8. The first-order valence-corrected chi connectivity index (χ1v) is 5.54. The molecule has 2 aromatic rings. The predicted octanol–water partition coefficient (Wildman–Crippen LogP) is 2.95. The Kier molecular flexibility index (Phi) is 3.44. The van der Waals surface area contributed by atoms with Gasteiger partial charge >= 0.3 is 18.0 Å². The summed E-state index contributed by atoms with van der Waals surface area (Å²) < 4.78 is 62.2. The number of alkyl halides is 5. The van der Waals surface area contributed by atoms with Crippen LogP contribution in [0.15, 0.2) is 30.5 Å². The Labute approximate surface area is 114 Å². The monoisotopic (exact) mass is 305 g/mol. The summed E-state index contributed by atoms with van der Waals surface area (Å²) in [6.07, 6.45) is -4.60. The average Bonchev–Trinajstić information content (AvgIpc) is 2.41. The molecule has 1 aromatic heterocycles. The highest BCUT2D eigenvalue weighted by atomic mass is 19.4. The van der Waals surface area contributed by atoms with E-state index in [9.17, 15) is 26.7 Å². The largest absolute Gasteiger partial charge is 0.463 e. The van der Waals surface area contributed by atoms with Crippen molar-refractivity contribution in [1.82, 2.24) is 4.98 Å². The van der Waals surface area contributed by atoms with Gasteiger partial charge in [0, 0.05) is 11.6 Å². The number of nitrogen functional groups attached to an aromatic ring is 1. The molecule has 1 aromatic carbocycles. The molecular weight excluding hydrogens is 297 g/mol. The molecule has 0 bridgehead atoms. The SMILES string of the molecule is Nc1ccc(NC(=O)C(F)(F)C(F)(F)F)c2cccnc12. The van der Waals surface area contributed by atoms with E-state index in [2.05, 4.69) is 4.98 Å². The molecule has 0 saturated heterocycles. The summed E-state index contributed by atoms with van der Waals surface area (Å²) in [4.78, 5) is 15.1. The number of benzene rings is 1. The third-order valence-corrected chi connectivity index (χ3v) is 2.69. The standard InChI is InChI=1S/C12H8F5N3O/c13-11(14,12(15,16)17)10(21)20-8-4-3-7(18)9-6(8)2-1-5-19-9/h1-5H,18H2,(H,20,21). The summed E-state index contributed by atoms with van der Waals surface area (Å²) in [5.74, 6) is -7.96. The number of amides is 1. The van der Waals surface area contributed by atoms with E-state index in [1.54, 1.807) is 5.32 Å². The molecule has 21 heavy (non-hydrogen) atoms. The van der Waals surface area contributed by atoms with Crippen molar-refractivity contribution in [3.05, 3.63) is 30.5 Å². The van der Waals surface area contributed by atoms with Gasteiger partial charge in [0.1, 0.15) is 0 Å². The second-order valence-electron chi connectivity index (χ2n) is 4.13. The van der Waals surface area contributed by atoms with Crippen molar-refractivity contribution in [3.63, 3.8) is 0 Å². The predicted molar refractivity (Wildman–Crippen MR) is 65.8 cm³/mol. The molecular formula is C12H8F5N3O. The molecule has 0 saturated carbocycles. The molecule has 2 rings (SSSR count). The molecule has 0 aliphatic rings. The molecule has 0 atom stereocenters. The van der Waals surface area contributed by atoms with E-state index >= 15 is 0 Å². The van der Waals surface area contributed by atoms with Crippen LogP contribution in [0, 0.1) is 0 Å². The van der Waals surface area contributed by atoms with Crippen LogP contribution in [0.2, 0.25) is 0 Å². The summed E-state index contributed by atoms with van der Waals surface area (Å²) in [6, 6.07) is 5.19. The summed E-state index contributed by atoms with van der Waals surface area (Å²) in [5, 5.41) is 1.71. The highest BCUT2D eigenvalue weighted by Gasteiger charge is 2.63. The number of halogens is 5. The maximum atomic E-state index is 12.9. The number of carbonyl (C=O) groups excluding carboxylic acids is 1. The zero-order valence-electron chi connectivity index (χ0n) is 10.2. The Balaban J connectivity index is 2.42. The first-order chi connectivity index (χ1) is 9.64. The van der Waals surface area contributed by atoms with Crippen LogP contribution in [-0.4, -0.2) is 23.0 Å². The lowest BCUT2D eigenvalue weighted by Crippen LogP contribution is -2.47. The summed E-state index contributed by atoms with van der Waals surface area (Å²) in [7, 11) is 0. The fourth-order valence-electron chi connectivity index (χ4n) is 1.63. The minimum absolute atomic E-state index is 0.156. The first-order valence-electron chi connectivity index (χ1n) is 5.54. The maximum absolute atomic E-state index is 12.9. The van der Waals surface area contributed by atoms with Gasteiger partial charge in [-0.25, -0.2) is 0 Å². The lowest BCUT2D eigenvalue weighted by molar-refractivity contribution is -0.267. The number of hydrogen-bond donors (Lipinski definition) is 2. The van der Waals surface area contributed by atoms with Gasteiger partial charge in [-0.15, -0.1) is 0 Å². The van der Waals surface area contributed by atoms with Gasteiger partial charge in [0.05, 0.1) is 16.9 Å². The lowest BCUT2D eigenvalue weighted by atomic mass is 10.1. The van der Waals surface area contributed by atoms with Crippen LogP contribution in [-0.2, 0) is 4.79 Å². The number of rotatable bonds is 2. The normalized spacial score (nSPS) is 12.4. The van der Waals surface area contributed by atoms with Crippen LogP contribution < -0.4 is 11.1 Å². The van der Waals surface area contributed by atoms with Crippen LogP contribution >= 0.6 is 0 Å². The van der Waals surface area contributed by atoms with Crippen molar-refractivity contribution in [1.29, 1.82) is 0 Å². The number of nitrogens with one attached hydrogen (secondary N) is 1. The summed E-state index contributed by atoms with van der Waals surface area (Å²) in [6.45, 7) is 0. The van der Waals surface area contributed by atoms with Crippen LogP contribution in [0.25, 0.3) is 10.9 Å². The molecule has 0 aliphatic heterocycles. The average molecular weight is 305 g/mol. The molecule has 1 heterocycles. The van der Waals surface area contributed by atoms with E-state index in [-0.39, 0.29) is 22.3 Å². The fourth-order valence-corrected chi connectivity index (χ4v) is 1.63. The quantitative estimate of drug-likeness (QED) is 0.662. The molecule has 0 unspecified atom stereocenters. The van der Waals surface area contributed by atoms with E-state index in [1.807, 2.05) is 0 Å². The van der Waals surface area contributed by atoms with Crippen molar-refractivity contribution in [2.75, 3.05) is 11.1 Å². The van der Waals surface area contributed by atoms with Crippen LogP contribution in [0.5, 0.6) is 0 Å². The van der Waals surface area contributed by atoms with Gasteiger partial charge in [0.2, 0.25) is 0 Å². The first kappa shape index (κ1) is 14.9. The molecule has 1 amide bonds. The van der Waals surface area contributed by atoms with Gasteiger partial charge in [-0.3, -0.25) is 9.78 Å². The van der Waals surface area contributed by atoms with E-state index in [0.717, 1.165) is 6.07 Å². The topological polar surface area (TPSA) is 68.0 Å².